The van der Waals surface area contributed by atoms with Gasteiger partial charge in [-0.3, -0.25) is 13.9 Å². The van der Waals surface area contributed by atoms with Gasteiger partial charge in [-0.05, 0) is 48.6 Å². The number of sulfonamides is 1. The van der Waals surface area contributed by atoms with E-state index in [1.807, 2.05) is 12.1 Å². The van der Waals surface area contributed by atoms with Crippen molar-refractivity contribution in [1.29, 1.82) is 0 Å². The number of nitrogens with zero attached hydrogens (tertiary/aromatic N) is 2. The van der Waals surface area contributed by atoms with Crippen LogP contribution in [-0.4, -0.2) is 76.5 Å². The van der Waals surface area contributed by atoms with Crippen molar-refractivity contribution in [2.45, 2.75) is 12.2 Å². The monoisotopic (exact) mass is 495 g/mol. The molecule has 1 saturated heterocycles. The number of rotatable bonds is 11. The maximum atomic E-state index is 12.6. The Morgan fingerprint density at radius 2 is 1.88 bits per heavy atom. The zero-order valence-electron chi connectivity index (χ0n) is 18.6. The summed E-state index contributed by atoms with van der Waals surface area (Å²) in [6.07, 6.45) is 3.45. The van der Waals surface area contributed by atoms with E-state index >= 15 is 0 Å². The number of thioether (sulfide) groups is 1. The van der Waals surface area contributed by atoms with Crippen LogP contribution in [0.15, 0.2) is 47.1 Å². The Balaban J connectivity index is 1.49. The number of hydrogen-bond acceptors (Lipinski definition) is 7. The van der Waals surface area contributed by atoms with Crippen LogP contribution < -0.4 is 9.62 Å². The molecule has 0 saturated carbocycles. The zero-order valence-corrected chi connectivity index (χ0v) is 20.2. The number of nitrogens with one attached hydrogen (secondary N) is 1. The normalized spacial score (nSPS) is 14.2. The molecule has 0 bridgehead atoms. The van der Waals surface area contributed by atoms with Crippen LogP contribution in [0.2, 0.25) is 0 Å². The van der Waals surface area contributed by atoms with Crippen molar-refractivity contribution in [3.05, 3.63) is 54.0 Å². The lowest BCUT2D eigenvalue weighted by molar-refractivity contribution is -0.119. The first-order valence-electron chi connectivity index (χ1n) is 10.7. The van der Waals surface area contributed by atoms with Gasteiger partial charge in [0.05, 0.1) is 37.2 Å². The average molecular weight is 496 g/mol. The topological polar surface area (TPSA) is 109 Å². The van der Waals surface area contributed by atoms with Gasteiger partial charge in [0.2, 0.25) is 15.9 Å². The number of carbonyl (C=O) groups is 2. The highest BCUT2D eigenvalue weighted by atomic mass is 32.2. The molecule has 1 aromatic carbocycles. The molecule has 9 nitrogen and oxygen atoms in total. The molecule has 1 fully saturated rings. The Morgan fingerprint density at radius 3 is 2.52 bits per heavy atom. The van der Waals surface area contributed by atoms with Crippen LogP contribution in [0, 0.1) is 0 Å². The van der Waals surface area contributed by atoms with Crippen molar-refractivity contribution in [2.75, 3.05) is 55.7 Å². The smallest absolute Gasteiger partial charge is 0.254 e. The molecule has 11 heteroatoms. The number of carbonyl (C=O) groups excluding carboxylic acids is 2. The molecule has 2 aromatic rings. The van der Waals surface area contributed by atoms with Crippen molar-refractivity contribution < 1.29 is 27.2 Å². The summed E-state index contributed by atoms with van der Waals surface area (Å²) in [5.74, 6) is 2.01. The van der Waals surface area contributed by atoms with Gasteiger partial charge in [-0.2, -0.15) is 11.8 Å². The molecule has 2 amide bonds. The summed E-state index contributed by atoms with van der Waals surface area (Å²) in [6, 6.07) is 10.0. The Hall–Kier alpha value is -2.50. The van der Waals surface area contributed by atoms with Crippen molar-refractivity contribution in [1.82, 2.24) is 10.2 Å². The van der Waals surface area contributed by atoms with Gasteiger partial charge in [0.15, 0.2) is 0 Å². The Bertz CT molecular complexity index is 1000. The molecule has 180 valence electrons. The average Bonchev–Trinajstić information content (AvgIpc) is 3.33. The molecule has 0 atom stereocenters. The van der Waals surface area contributed by atoms with E-state index in [1.54, 1.807) is 47.2 Å². The van der Waals surface area contributed by atoms with Crippen LogP contribution in [-0.2, 0) is 25.3 Å². The lowest BCUT2D eigenvalue weighted by Crippen LogP contribution is -2.41. The van der Waals surface area contributed by atoms with Gasteiger partial charge in [-0.25, -0.2) is 8.42 Å². The number of furan rings is 1. The predicted octanol–water partition coefficient (Wildman–Crippen LogP) is 1.96. The van der Waals surface area contributed by atoms with E-state index in [0.717, 1.165) is 34.2 Å². The van der Waals surface area contributed by atoms with Crippen molar-refractivity contribution in [3.63, 3.8) is 0 Å². The Morgan fingerprint density at radius 1 is 1.15 bits per heavy atom. The van der Waals surface area contributed by atoms with E-state index in [4.69, 9.17) is 9.15 Å². The summed E-state index contributed by atoms with van der Waals surface area (Å²) in [7, 11) is -3.68. The molecule has 1 aliphatic rings. The second kappa shape index (κ2) is 12.1. The Labute approximate surface area is 198 Å². The van der Waals surface area contributed by atoms with Gasteiger partial charge in [-0.1, -0.05) is 0 Å². The fourth-order valence-corrected chi connectivity index (χ4v) is 4.99. The summed E-state index contributed by atoms with van der Waals surface area (Å²) < 4.78 is 36.2. The molecule has 1 aromatic heterocycles. The molecule has 0 unspecified atom stereocenters. The zero-order chi connectivity index (χ0) is 23.7. The number of ether oxygens (including phenoxy) is 1. The van der Waals surface area contributed by atoms with E-state index in [-0.39, 0.29) is 18.4 Å². The number of benzene rings is 1. The number of morpholine rings is 1. The van der Waals surface area contributed by atoms with Crippen LogP contribution in [0.25, 0.3) is 0 Å². The third-order valence-electron chi connectivity index (χ3n) is 5.00. The van der Waals surface area contributed by atoms with E-state index < -0.39 is 10.0 Å². The lowest BCUT2D eigenvalue weighted by Gasteiger charge is -2.27. The first-order chi connectivity index (χ1) is 15.8. The lowest BCUT2D eigenvalue weighted by atomic mass is 10.1. The molecule has 3 rings (SSSR count). The van der Waals surface area contributed by atoms with Crippen molar-refractivity contribution >= 4 is 39.3 Å². The maximum absolute atomic E-state index is 12.6. The number of amides is 2. The van der Waals surface area contributed by atoms with E-state index in [0.29, 0.717) is 44.1 Å². The first-order valence-corrected chi connectivity index (χ1v) is 13.7. The fourth-order valence-electron chi connectivity index (χ4n) is 3.28. The van der Waals surface area contributed by atoms with Gasteiger partial charge in [-0.15, -0.1) is 0 Å². The minimum absolute atomic E-state index is 0.126. The van der Waals surface area contributed by atoms with Gasteiger partial charge >= 0.3 is 0 Å². The third-order valence-corrected chi connectivity index (χ3v) is 7.21. The highest BCUT2D eigenvalue weighted by Crippen LogP contribution is 2.19. The molecule has 2 heterocycles. The largest absolute Gasteiger partial charge is 0.468 e. The van der Waals surface area contributed by atoms with Gasteiger partial charge in [0.1, 0.15) is 12.3 Å². The first kappa shape index (κ1) is 25.1. The molecule has 1 N–H and O–H groups in total. The molecule has 0 aliphatic carbocycles. The summed E-state index contributed by atoms with van der Waals surface area (Å²) >= 11 is 1.70. The van der Waals surface area contributed by atoms with Crippen LogP contribution in [0.3, 0.4) is 0 Å². The molecular formula is C22H29N3O6S2. The molecule has 0 spiro atoms. The fraction of sp³-hybridized carbons (Fsp3) is 0.455. The van der Waals surface area contributed by atoms with E-state index in [2.05, 4.69) is 5.32 Å². The minimum Gasteiger partial charge on any atom is -0.468 e. The van der Waals surface area contributed by atoms with Crippen LogP contribution >= 0.6 is 11.8 Å². The summed E-state index contributed by atoms with van der Waals surface area (Å²) in [4.78, 5) is 26.6. The summed E-state index contributed by atoms with van der Waals surface area (Å²) in [6.45, 7) is 2.19. The maximum Gasteiger partial charge on any atom is 0.254 e. The van der Waals surface area contributed by atoms with Crippen molar-refractivity contribution in [2.24, 2.45) is 0 Å². The van der Waals surface area contributed by atoms with Gasteiger partial charge in [0, 0.05) is 25.2 Å². The second-order valence-electron chi connectivity index (χ2n) is 7.56. The SMILES string of the molecule is CS(=O)(=O)N(CC(=O)NCCCSCc1ccco1)c1ccc(C(=O)N2CCOCC2)cc1. The minimum atomic E-state index is -3.68. The highest BCUT2D eigenvalue weighted by molar-refractivity contribution is 7.98. The highest BCUT2D eigenvalue weighted by Gasteiger charge is 2.22. The van der Waals surface area contributed by atoms with E-state index in [1.165, 1.54) is 0 Å². The Kier molecular flexibility index (Phi) is 9.21. The van der Waals surface area contributed by atoms with E-state index in [9.17, 15) is 18.0 Å². The quantitative estimate of drug-likeness (QED) is 0.475. The van der Waals surface area contributed by atoms with Crippen LogP contribution in [0.4, 0.5) is 5.69 Å². The number of hydrogen-bond donors (Lipinski definition) is 1. The van der Waals surface area contributed by atoms with Gasteiger partial charge in [0.25, 0.3) is 5.91 Å². The molecule has 1 aliphatic heterocycles. The summed E-state index contributed by atoms with van der Waals surface area (Å²) in [5, 5.41) is 2.77. The third kappa shape index (κ3) is 7.79. The summed E-state index contributed by atoms with van der Waals surface area (Å²) in [5.41, 5.74) is 0.797. The van der Waals surface area contributed by atoms with Crippen LogP contribution in [0.1, 0.15) is 22.5 Å². The van der Waals surface area contributed by atoms with Crippen LogP contribution in [0.5, 0.6) is 0 Å². The van der Waals surface area contributed by atoms with Crippen molar-refractivity contribution in [3.8, 4) is 0 Å². The standard InChI is InChI=1S/C22H29N3O6S2/c1-33(28,29)25(16-21(26)23-9-3-15-32-17-20-4-2-12-31-20)19-7-5-18(6-8-19)22(27)24-10-13-30-14-11-24/h2,4-8,12H,3,9-11,13-17H2,1H3,(H,23,26). The van der Waals surface area contributed by atoms with Gasteiger partial charge < -0.3 is 19.4 Å². The molecule has 0 radical (unpaired) electrons. The molecular weight excluding hydrogens is 466 g/mol. The second-order valence-corrected chi connectivity index (χ2v) is 10.6. The molecule has 33 heavy (non-hydrogen) atoms. The number of anilines is 1. The predicted molar refractivity (Wildman–Crippen MR) is 128 cm³/mol.